The van der Waals surface area contributed by atoms with E-state index in [1.807, 2.05) is 0 Å². The Morgan fingerprint density at radius 2 is 1.93 bits per heavy atom. The molecule has 0 atom stereocenters. The summed E-state index contributed by atoms with van der Waals surface area (Å²) in [6.07, 6.45) is 2.35. The topological polar surface area (TPSA) is 121 Å². The van der Waals surface area contributed by atoms with Gasteiger partial charge in [-0.1, -0.05) is 0 Å². The second-order valence-corrected chi connectivity index (χ2v) is 9.19. The van der Waals surface area contributed by atoms with Crippen LogP contribution in [0.15, 0.2) is 24.4 Å². The summed E-state index contributed by atoms with van der Waals surface area (Å²) in [5, 5.41) is 22.0. The molecule has 1 saturated heterocycles. The molecule has 29 heavy (non-hydrogen) atoms. The van der Waals surface area contributed by atoms with E-state index in [1.54, 1.807) is 0 Å². The van der Waals surface area contributed by atoms with E-state index >= 15 is 0 Å². The van der Waals surface area contributed by atoms with E-state index < -0.39 is 38.2 Å². The van der Waals surface area contributed by atoms with Crippen molar-refractivity contribution in [1.82, 2.24) is 10.3 Å². The first-order valence-electron chi connectivity index (χ1n) is 8.91. The van der Waals surface area contributed by atoms with Crippen molar-refractivity contribution >= 4 is 15.8 Å². The molecule has 156 valence electrons. The van der Waals surface area contributed by atoms with Crippen molar-refractivity contribution in [3.8, 4) is 11.5 Å². The van der Waals surface area contributed by atoms with Crippen LogP contribution >= 0.6 is 0 Å². The maximum Gasteiger partial charge on any atom is 0.236 e. The highest BCUT2D eigenvalue weighted by Crippen LogP contribution is 2.38. The van der Waals surface area contributed by atoms with Crippen molar-refractivity contribution in [1.29, 1.82) is 0 Å². The summed E-state index contributed by atoms with van der Waals surface area (Å²) in [5.74, 6) is -3.12. The first-order chi connectivity index (χ1) is 13.7. The van der Waals surface area contributed by atoms with Gasteiger partial charge in [-0.25, -0.2) is 22.2 Å². The van der Waals surface area contributed by atoms with Crippen LogP contribution in [0.1, 0.15) is 24.0 Å². The van der Waals surface area contributed by atoms with Gasteiger partial charge in [-0.2, -0.15) is 0 Å². The average Bonchev–Trinajstić information content (AvgIpc) is 3.46. The van der Waals surface area contributed by atoms with Crippen molar-refractivity contribution in [2.45, 2.75) is 30.2 Å². The number of pyridine rings is 1. The average molecular weight is 427 g/mol. The van der Waals surface area contributed by atoms with Gasteiger partial charge in [0.1, 0.15) is 5.75 Å². The Balaban J connectivity index is 1.55. The Morgan fingerprint density at radius 3 is 2.55 bits per heavy atom. The van der Waals surface area contributed by atoms with Crippen molar-refractivity contribution in [3.63, 3.8) is 0 Å². The number of aromatic nitrogens is 1. The van der Waals surface area contributed by atoms with Gasteiger partial charge in [0.25, 0.3) is 0 Å². The molecule has 11 heteroatoms. The fourth-order valence-corrected chi connectivity index (χ4v) is 4.48. The predicted molar refractivity (Wildman–Crippen MR) is 98.8 cm³/mol. The minimum Gasteiger partial charge on any atom is -0.507 e. The van der Waals surface area contributed by atoms with Crippen LogP contribution in [0.5, 0.6) is 11.5 Å². The van der Waals surface area contributed by atoms with Gasteiger partial charge in [0.15, 0.2) is 23.2 Å². The molecule has 0 bridgehead atoms. The number of ether oxygens (including phenoxy) is 1. The van der Waals surface area contributed by atoms with Crippen LogP contribution in [-0.4, -0.2) is 42.1 Å². The number of nitrogens with one attached hydrogen (secondary N) is 2. The minimum absolute atomic E-state index is 0.0577. The summed E-state index contributed by atoms with van der Waals surface area (Å²) in [5.41, 5.74) is -0.677. The summed E-state index contributed by atoms with van der Waals surface area (Å²) in [4.78, 5) is 3.77. The van der Waals surface area contributed by atoms with Crippen LogP contribution in [0.2, 0.25) is 0 Å². The highest BCUT2D eigenvalue weighted by molar-refractivity contribution is 7.93. The van der Waals surface area contributed by atoms with Gasteiger partial charge < -0.3 is 14.9 Å². The molecule has 0 amide bonds. The van der Waals surface area contributed by atoms with Crippen LogP contribution in [0.3, 0.4) is 0 Å². The molecular formula is C18H19F2N3O5S. The van der Waals surface area contributed by atoms with Gasteiger partial charge in [-0.15, -0.1) is 0 Å². The third-order valence-electron chi connectivity index (χ3n) is 5.07. The van der Waals surface area contributed by atoms with Crippen LogP contribution in [0.4, 0.5) is 14.6 Å². The quantitative estimate of drug-likeness (QED) is 0.531. The zero-order chi connectivity index (χ0) is 20.8. The standard InChI is InChI=1S/C18H19F2N3O5S/c19-13-5-12(14(24)6-15(13)25)18(8-28-9-18)22-7-10-3-4-21-17(16(10)20)23-29(26,27)11-1-2-11/h3-6,11,22,24-25H,1-2,7-9H2,(H,21,23). The van der Waals surface area contributed by atoms with Gasteiger partial charge in [0.05, 0.1) is 24.0 Å². The molecular weight excluding hydrogens is 408 g/mol. The molecule has 8 nitrogen and oxygen atoms in total. The van der Waals surface area contributed by atoms with Crippen molar-refractivity contribution < 1.29 is 32.1 Å². The smallest absolute Gasteiger partial charge is 0.236 e. The number of halogens is 2. The lowest BCUT2D eigenvalue weighted by atomic mass is 9.86. The third-order valence-corrected chi connectivity index (χ3v) is 6.89. The van der Waals surface area contributed by atoms with Gasteiger partial charge >= 0.3 is 0 Å². The van der Waals surface area contributed by atoms with Gasteiger partial charge in [0, 0.05) is 29.9 Å². The number of rotatable bonds is 7. The molecule has 1 aliphatic carbocycles. The monoisotopic (exact) mass is 427 g/mol. The second kappa shape index (κ2) is 7.08. The number of phenols is 2. The van der Waals surface area contributed by atoms with Crippen molar-refractivity contribution in [2.75, 3.05) is 17.9 Å². The number of phenolic OH excluding ortho intramolecular Hbond substituents is 2. The van der Waals surface area contributed by atoms with E-state index in [0.717, 1.165) is 12.1 Å². The van der Waals surface area contributed by atoms with Crippen LogP contribution < -0.4 is 10.0 Å². The Hall–Kier alpha value is -2.50. The highest BCUT2D eigenvalue weighted by Gasteiger charge is 2.43. The molecule has 2 heterocycles. The molecule has 1 saturated carbocycles. The Labute approximate surface area is 165 Å². The maximum atomic E-state index is 14.8. The molecule has 4 N–H and O–H groups in total. The van der Waals surface area contributed by atoms with Crippen LogP contribution in [-0.2, 0) is 26.8 Å². The van der Waals surface area contributed by atoms with E-state index in [-0.39, 0.29) is 42.5 Å². The number of benzene rings is 1. The molecule has 0 spiro atoms. The normalized spacial score (nSPS) is 18.3. The lowest BCUT2D eigenvalue weighted by Gasteiger charge is -2.43. The number of hydrogen-bond donors (Lipinski definition) is 4. The summed E-state index contributed by atoms with van der Waals surface area (Å²) in [6, 6.07) is 3.28. The number of hydrogen-bond acceptors (Lipinski definition) is 7. The number of nitrogens with zero attached hydrogens (tertiary/aromatic N) is 1. The number of aromatic hydroxyl groups is 2. The molecule has 2 aromatic rings. The molecule has 2 fully saturated rings. The zero-order valence-corrected chi connectivity index (χ0v) is 16.0. The van der Waals surface area contributed by atoms with E-state index in [0.29, 0.717) is 12.8 Å². The highest BCUT2D eigenvalue weighted by atomic mass is 32.2. The second-order valence-electron chi connectivity index (χ2n) is 7.23. The molecule has 0 unspecified atom stereocenters. The first-order valence-corrected chi connectivity index (χ1v) is 10.5. The lowest BCUT2D eigenvalue weighted by Crippen LogP contribution is -2.57. The largest absolute Gasteiger partial charge is 0.507 e. The summed E-state index contributed by atoms with van der Waals surface area (Å²) in [6.45, 7) is 0.134. The first kappa shape index (κ1) is 19.8. The molecule has 1 aliphatic heterocycles. The molecule has 4 rings (SSSR count). The predicted octanol–water partition coefficient (Wildman–Crippen LogP) is 1.69. The minimum atomic E-state index is -3.66. The Bertz CT molecular complexity index is 1060. The van der Waals surface area contributed by atoms with E-state index in [1.165, 1.54) is 12.3 Å². The van der Waals surface area contributed by atoms with Gasteiger partial charge in [-0.05, 0) is 25.0 Å². The van der Waals surface area contributed by atoms with Crippen LogP contribution in [0.25, 0.3) is 0 Å². The van der Waals surface area contributed by atoms with Crippen molar-refractivity contribution in [3.05, 3.63) is 47.2 Å². The van der Waals surface area contributed by atoms with E-state index in [4.69, 9.17) is 4.74 Å². The van der Waals surface area contributed by atoms with E-state index in [9.17, 15) is 27.4 Å². The van der Waals surface area contributed by atoms with Gasteiger partial charge in [-0.3, -0.25) is 10.0 Å². The molecule has 0 radical (unpaired) electrons. The molecule has 1 aromatic heterocycles. The lowest BCUT2D eigenvalue weighted by molar-refractivity contribution is -0.0807. The molecule has 1 aromatic carbocycles. The Morgan fingerprint density at radius 1 is 1.21 bits per heavy atom. The van der Waals surface area contributed by atoms with Gasteiger partial charge in [0.2, 0.25) is 10.0 Å². The zero-order valence-electron chi connectivity index (χ0n) is 15.2. The summed E-state index contributed by atoms with van der Waals surface area (Å²) in [7, 11) is -3.66. The maximum absolute atomic E-state index is 14.8. The van der Waals surface area contributed by atoms with Crippen molar-refractivity contribution in [2.24, 2.45) is 0 Å². The SMILES string of the molecule is O=S(=O)(Nc1nccc(CNC2(c3cc(F)c(O)cc3O)COC2)c1F)C1CC1. The number of sulfonamides is 1. The van der Waals surface area contributed by atoms with Crippen LogP contribution in [0, 0.1) is 11.6 Å². The van der Waals surface area contributed by atoms with E-state index in [2.05, 4.69) is 15.0 Å². The fraction of sp³-hybridized carbons (Fsp3) is 0.389. The number of anilines is 1. The summed E-state index contributed by atoms with van der Waals surface area (Å²) < 4.78 is 60.1. The summed E-state index contributed by atoms with van der Waals surface area (Å²) >= 11 is 0. The Kier molecular flexibility index (Phi) is 4.83. The third kappa shape index (κ3) is 3.72. The molecule has 2 aliphatic rings. The fourth-order valence-electron chi connectivity index (χ4n) is 3.15.